The highest BCUT2D eigenvalue weighted by atomic mass is 16.5. The molecule has 1 atom stereocenters. The Morgan fingerprint density at radius 3 is 2.42 bits per heavy atom. The maximum absolute atomic E-state index is 12.1. The highest BCUT2D eigenvalue weighted by molar-refractivity contribution is 5.98. The zero-order valence-corrected chi connectivity index (χ0v) is 13.7. The second kappa shape index (κ2) is 7.50. The van der Waals surface area contributed by atoms with E-state index >= 15 is 0 Å². The van der Waals surface area contributed by atoms with Crippen molar-refractivity contribution >= 4 is 17.6 Å². The Kier molecular flexibility index (Phi) is 5.42. The number of esters is 1. The van der Waals surface area contributed by atoms with E-state index < -0.39 is 18.0 Å². The number of benzene rings is 2. The molecule has 0 unspecified atom stereocenters. The van der Waals surface area contributed by atoms with Crippen LogP contribution >= 0.6 is 0 Å². The minimum absolute atomic E-state index is 0.0654. The molecule has 24 heavy (non-hydrogen) atoms. The number of rotatable bonds is 5. The topological polar surface area (TPSA) is 84.9 Å². The van der Waals surface area contributed by atoms with E-state index in [0.717, 1.165) is 5.56 Å². The molecule has 0 aliphatic rings. The van der Waals surface area contributed by atoms with Gasteiger partial charge in [-0.1, -0.05) is 23.8 Å². The van der Waals surface area contributed by atoms with Gasteiger partial charge in [0.1, 0.15) is 5.56 Å². The summed E-state index contributed by atoms with van der Waals surface area (Å²) < 4.78 is 10.0. The Hall–Kier alpha value is -3.02. The zero-order chi connectivity index (χ0) is 17.7. The smallest absolute Gasteiger partial charge is 0.342 e. The van der Waals surface area contributed by atoms with Crippen LogP contribution in [0.25, 0.3) is 0 Å². The van der Waals surface area contributed by atoms with Gasteiger partial charge in [-0.3, -0.25) is 4.79 Å². The van der Waals surface area contributed by atoms with Crippen LogP contribution < -0.4 is 10.1 Å². The number of carbonyl (C=O) groups excluding carboxylic acids is 2. The number of hydrogen-bond acceptors (Lipinski definition) is 5. The molecule has 6 heteroatoms. The first-order valence-electron chi connectivity index (χ1n) is 7.37. The lowest BCUT2D eigenvalue weighted by Gasteiger charge is -2.14. The van der Waals surface area contributed by atoms with E-state index in [0.29, 0.717) is 5.69 Å². The first kappa shape index (κ1) is 17.3. The number of nitrogens with one attached hydrogen (secondary N) is 1. The lowest BCUT2D eigenvalue weighted by Crippen LogP contribution is -2.30. The van der Waals surface area contributed by atoms with Gasteiger partial charge in [-0.2, -0.15) is 0 Å². The molecule has 0 saturated carbocycles. The number of aryl methyl sites for hydroxylation is 1. The van der Waals surface area contributed by atoms with Crippen molar-refractivity contribution in [1.82, 2.24) is 0 Å². The summed E-state index contributed by atoms with van der Waals surface area (Å²) in [6.07, 6.45) is -1.02. The number of methoxy groups -OCH3 is 1. The van der Waals surface area contributed by atoms with Crippen LogP contribution in [0.5, 0.6) is 11.5 Å². The second-order valence-corrected chi connectivity index (χ2v) is 5.26. The summed E-state index contributed by atoms with van der Waals surface area (Å²) in [6, 6.07) is 11.7. The largest absolute Gasteiger partial charge is 0.504 e. The molecule has 0 saturated heterocycles. The molecule has 2 rings (SSSR count). The maximum Gasteiger partial charge on any atom is 0.342 e. The number of anilines is 1. The summed E-state index contributed by atoms with van der Waals surface area (Å²) >= 11 is 0. The molecule has 2 aromatic carbocycles. The standard InChI is InChI=1S/C18H19NO5/c1-11-7-9-13(10-8-11)19-17(21)12(2)24-18(22)14-5-4-6-15(23-3)16(14)20/h4-10,12,20H,1-3H3,(H,19,21)/t12-/m0/s1. The van der Waals surface area contributed by atoms with Crippen molar-refractivity contribution in [3.63, 3.8) is 0 Å². The molecule has 2 N–H and O–H groups in total. The van der Waals surface area contributed by atoms with E-state index in [1.54, 1.807) is 18.2 Å². The van der Waals surface area contributed by atoms with Crippen LogP contribution in [0.1, 0.15) is 22.8 Å². The molecule has 0 heterocycles. The SMILES string of the molecule is COc1cccc(C(=O)O[C@@H](C)C(=O)Nc2ccc(C)cc2)c1O. The van der Waals surface area contributed by atoms with Gasteiger partial charge in [0.15, 0.2) is 17.6 Å². The molecule has 6 nitrogen and oxygen atoms in total. The fourth-order valence-electron chi connectivity index (χ4n) is 2.01. The fraction of sp³-hybridized carbons (Fsp3) is 0.222. The van der Waals surface area contributed by atoms with Gasteiger partial charge in [0.05, 0.1) is 7.11 Å². The van der Waals surface area contributed by atoms with Gasteiger partial charge >= 0.3 is 5.97 Å². The van der Waals surface area contributed by atoms with Crippen molar-refractivity contribution in [3.05, 3.63) is 53.6 Å². The third-order valence-corrected chi connectivity index (χ3v) is 3.41. The average Bonchev–Trinajstić information content (AvgIpc) is 2.56. The zero-order valence-electron chi connectivity index (χ0n) is 13.7. The lowest BCUT2D eigenvalue weighted by molar-refractivity contribution is -0.123. The number of ether oxygens (including phenoxy) is 2. The Bertz CT molecular complexity index is 740. The Morgan fingerprint density at radius 1 is 1.12 bits per heavy atom. The van der Waals surface area contributed by atoms with Crippen LogP contribution in [0, 0.1) is 6.92 Å². The minimum atomic E-state index is -1.02. The molecule has 0 fully saturated rings. The Balaban J connectivity index is 2.03. The van der Waals surface area contributed by atoms with Gasteiger partial charge in [0.25, 0.3) is 5.91 Å². The van der Waals surface area contributed by atoms with Gasteiger partial charge in [-0.05, 0) is 38.1 Å². The Morgan fingerprint density at radius 2 is 1.79 bits per heavy atom. The molecule has 1 amide bonds. The van der Waals surface area contributed by atoms with Gasteiger partial charge in [-0.15, -0.1) is 0 Å². The average molecular weight is 329 g/mol. The summed E-state index contributed by atoms with van der Waals surface area (Å²) in [5.74, 6) is -1.44. The number of para-hydroxylation sites is 1. The lowest BCUT2D eigenvalue weighted by atomic mass is 10.2. The van der Waals surface area contributed by atoms with Crippen LogP contribution in [0.2, 0.25) is 0 Å². The van der Waals surface area contributed by atoms with Crippen LogP contribution in [-0.2, 0) is 9.53 Å². The van der Waals surface area contributed by atoms with E-state index in [-0.39, 0.29) is 17.1 Å². The molecular formula is C18H19NO5. The number of phenols is 1. The van der Waals surface area contributed by atoms with E-state index in [2.05, 4.69) is 5.32 Å². The molecule has 0 aromatic heterocycles. The number of phenolic OH excluding ortho intramolecular Hbond substituents is 1. The minimum Gasteiger partial charge on any atom is -0.504 e. The maximum atomic E-state index is 12.1. The van der Waals surface area contributed by atoms with Crippen molar-refractivity contribution in [2.24, 2.45) is 0 Å². The third-order valence-electron chi connectivity index (χ3n) is 3.41. The number of aromatic hydroxyl groups is 1. The van der Waals surface area contributed by atoms with E-state index in [1.807, 2.05) is 19.1 Å². The van der Waals surface area contributed by atoms with Crippen LogP contribution in [0.4, 0.5) is 5.69 Å². The highest BCUT2D eigenvalue weighted by Gasteiger charge is 2.22. The first-order chi connectivity index (χ1) is 11.4. The van der Waals surface area contributed by atoms with Gasteiger partial charge < -0.3 is 19.9 Å². The number of carbonyl (C=O) groups is 2. The van der Waals surface area contributed by atoms with E-state index in [1.165, 1.54) is 26.2 Å². The van der Waals surface area contributed by atoms with E-state index in [9.17, 15) is 14.7 Å². The predicted octanol–water partition coefficient (Wildman–Crippen LogP) is 2.89. The Labute approximate surface area is 140 Å². The summed E-state index contributed by atoms with van der Waals surface area (Å²) in [7, 11) is 1.38. The summed E-state index contributed by atoms with van der Waals surface area (Å²) in [5.41, 5.74) is 1.61. The van der Waals surface area contributed by atoms with Gasteiger partial charge in [0.2, 0.25) is 0 Å². The molecule has 2 aromatic rings. The summed E-state index contributed by atoms with van der Waals surface area (Å²) in [4.78, 5) is 24.2. The molecule has 0 bridgehead atoms. The number of hydrogen-bond donors (Lipinski definition) is 2. The second-order valence-electron chi connectivity index (χ2n) is 5.26. The number of amides is 1. The summed E-state index contributed by atoms with van der Waals surface area (Å²) in [5, 5.41) is 12.6. The van der Waals surface area contributed by atoms with Crippen LogP contribution in [0.15, 0.2) is 42.5 Å². The molecule has 0 radical (unpaired) electrons. The normalized spacial score (nSPS) is 11.5. The third kappa shape index (κ3) is 4.04. The molecular weight excluding hydrogens is 310 g/mol. The van der Waals surface area contributed by atoms with Crippen molar-refractivity contribution in [1.29, 1.82) is 0 Å². The molecule has 0 spiro atoms. The fourth-order valence-corrected chi connectivity index (χ4v) is 2.01. The summed E-state index contributed by atoms with van der Waals surface area (Å²) in [6.45, 7) is 3.40. The predicted molar refractivity (Wildman–Crippen MR) is 89.3 cm³/mol. The quantitative estimate of drug-likeness (QED) is 0.824. The monoisotopic (exact) mass is 329 g/mol. The molecule has 0 aliphatic heterocycles. The molecule has 126 valence electrons. The van der Waals surface area contributed by atoms with Gasteiger partial charge in [-0.25, -0.2) is 4.79 Å². The van der Waals surface area contributed by atoms with Crippen LogP contribution in [-0.4, -0.2) is 30.2 Å². The first-order valence-corrected chi connectivity index (χ1v) is 7.37. The van der Waals surface area contributed by atoms with E-state index in [4.69, 9.17) is 9.47 Å². The highest BCUT2D eigenvalue weighted by Crippen LogP contribution is 2.30. The molecule has 0 aliphatic carbocycles. The van der Waals surface area contributed by atoms with Crippen molar-refractivity contribution in [2.75, 3.05) is 12.4 Å². The van der Waals surface area contributed by atoms with Crippen molar-refractivity contribution in [3.8, 4) is 11.5 Å². The van der Waals surface area contributed by atoms with Crippen LogP contribution in [0.3, 0.4) is 0 Å². The van der Waals surface area contributed by atoms with Gasteiger partial charge in [0, 0.05) is 5.69 Å². The van der Waals surface area contributed by atoms with Crippen molar-refractivity contribution < 1.29 is 24.2 Å². The van der Waals surface area contributed by atoms with Crippen molar-refractivity contribution in [2.45, 2.75) is 20.0 Å².